The van der Waals surface area contributed by atoms with Crippen LogP contribution in [0.15, 0.2) is 36.5 Å². The van der Waals surface area contributed by atoms with Gasteiger partial charge in [0.1, 0.15) is 11.4 Å². The molecule has 2 N–H and O–H groups in total. The van der Waals surface area contributed by atoms with Crippen molar-refractivity contribution in [1.82, 2.24) is 4.98 Å². The highest BCUT2D eigenvalue weighted by atomic mass is 16.6. The first-order chi connectivity index (χ1) is 11.8. The first-order valence-electron chi connectivity index (χ1n) is 8.10. The molecule has 0 saturated carbocycles. The highest BCUT2D eigenvalue weighted by Gasteiger charge is 2.17. The Kier molecular flexibility index (Phi) is 5.85. The zero-order valence-corrected chi connectivity index (χ0v) is 15.3. The number of methoxy groups -OCH3 is 1. The Bertz CT molecular complexity index is 722. The van der Waals surface area contributed by atoms with E-state index in [0.717, 1.165) is 16.9 Å². The number of pyridine rings is 1. The van der Waals surface area contributed by atoms with Gasteiger partial charge in [0.25, 0.3) is 0 Å². The van der Waals surface area contributed by atoms with Crippen molar-refractivity contribution < 1.29 is 14.3 Å². The van der Waals surface area contributed by atoms with Gasteiger partial charge in [0.15, 0.2) is 0 Å². The molecule has 1 aromatic heterocycles. The summed E-state index contributed by atoms with van der Waals surface area (Å²) in [7, 11) is 1.60. The van der Waals surface area contributed by atoms with Gasteiger partial charge in [-0.3, -0.25) is 10.3 Å². The zero-order chi connectivity index (χ0) is 18.4. The van der Waals surface area contributed by atoms with Gasteiger partial charge in [0, 0.05) is 12.3 Å². The predicted molar refractivity (Wildman–Crippen MR) is 99.2 cm³/mol. The van der Waals surface area contributed by atoms with E-state index in [2.05, 4.69) is 15.6 Å². The quantitative estimate of drug-likeness (QED) is 0.844. The molecule has 0 aliphatic carbocycles. The van der Waals surface area contributed by atoms with Gasteiger partial charge in [-0.25, -0.2) is 4.79 Å². The fraction of sp³-hybridized carbons (Fsp3) is 0.368. The number of hydrogen-bond donors (Lipinski definition) is 2. The van der Waals surface area contributed by atoms with Crippen LogP contribution < -0.4 is 15.4 Å². The topological polar surface area (TPSA) is 72.5 Å². The number of ether oxygens (including phenoxy) is 2. The molecule has 1 heterocycles. The van der Waals surface area contributed by atoms with Crippen molar-refractivity contribution in [1.29, 1.82) is 0 Å². The van der Waals surface area contributed by atoms with Crippen molar-refractivity contribution in [3.63, 3.8) is 0 Å². The SMILES string of the molecule is COc1ccc(NC(=O)OC(C)(C)C)c(NCc2ccc(C)cn2)c1. The molecule has 6 nitrogen and oxygen atoms in total. The number of carbonyl (C=O) groups is 1. The van der Waals surface area contributed by atoms with Gasteiger partial charge >= 0.3 is 6.09 Å². The van der Waals surface area contributed by atoms with Crippen LogP contribution in [0.1, 0.15) is 32.0 Å². The predicted octanol–water partition coefficient (Wildman–Crippen LogP) is 4.36. The van der Waals surface area contributed by atoms with Crippen LogP contribution in [0.3, 0.4) is 0 Å². The summed E-state index contributed by atoms with van der Waals surface area (Å²) in [6.07, 6.45) is 1.32. The maximum absolute atomic E-state index is 12.0. The van der Waals surface area contributed by atoms with E-state index in [-0.39, 0.29) is 0 Å². The second-order valence-corrected chi connectivity index (χ2v) is 6.72. The number of carbonyl (C=O) groups excluding carboxylic acids is 1. The summed E-state index contributed by atoms with van der Waals surface area (Å²) in [5.74, 6) is 0.689. The Labute approximate surface area is 148 Å². The van der Waals surface area contributed by atoms with Crippen LogP contribution >= 0.6 is 0 Å². The van der Waals surface area contributed by atoms with E-state index in [1.807, 2.05) is 52.1 Å². The lowest BCUT2D eigenvalue weighted by atomic mass is 10.2. The second kappa shape index (κ2) is 7.88. The standard InChI is InChI=1S/C19H25N3O3/c1-13-6-7-14(20-11-13)12-21-17-10-15(24-5)8-9-16(17)22-18(23)25-19(2,3)4/h6-11,21H,12H2,1-5H3,(H,22,23). The molecular weight excluding hydrogens is 318 g/mol. The maximum atomic E-state index is 12.0. The van der Waals surface area contributed by atoms with E-state index >= 15 is 0 Å². The molecule has 0 aliphatic heterocycles. The third-order valence-electron chi connectivity index (χ3n) is 3.29. The van der Waals surface area contributed by atoms with E-state index in [1.165, 1.54) is 0 Å². The molecule has 1 aromatic carbocycles. The molecule has 0 bridgehead atoms. The summed E-state index contributed by atoms with van der Waals surface area (Å²) in [5, 5.41) is 6.04. The van der Waals surface area contributed by atoms with Crippen LogP contribution in [-0.4, -0.2) is 23.8 Å². The van der Waals surface area contributed by atoms with Gasteiger partial charge < -0.3 is 14.8 Å². The van der Waals surface area contributed by atoms with Gasteiger partial charge in [-0.2, -0.15) is 0 Å². The molecule has 2 rings (SSSR count). The van der Waals surface area contributed by atoms with E-state index in [1.54, 1.807) is 19.2 Å². The van der Waals surface area contributed by atoms with E-state index < -0.39 is 11.7 Å². The van der Waals surface area contributed by atoms with Crippen molar-refractivity contribution in [2.45, 2.75) is 39.8 Å². The van der Waals surface area contributed by atoms with Gasteiger partial charge in [0.2, 0.25) is 0 Å². The third-order valence-corrected chi connectivity index (χ3v) is 3.29. The van der Waals surface area contributed by atoms with Crippen molar-refractivity contribution in [2.75, 3.05) is 17.7 Å². The molecule has 0 spiro atoms. The first kappa shape index (κ1) is 18.6. The van der Waals surface area contributed by atoms with E-state index in [9.17, 15) is 4.79 Å². The molecule has 0 aliphatic rings. The maximum Gasteiger partial charge on any atom is 0.412 e. The van der Waals surface area contributed by atoms with Crippen molar-refractivity contribution >= 4 is 17.5 Å². The lowest BCUT2D eigenvalue weighted by molar-refractivity contribution is 0.0636. The minimum atomic E-state index is -0.560. The first-order valence-corrected chi connectivity index (χ1v) is 8.10. The number of hydrogen-bond acceptors (Lipinski definition) is 5. The van der Waals surface area contributed by atoms with Crippen molar-refractivity contribution in [3.05, 3.63) is 47.8 Å². The normalized spacial score (nSPS) is 10.9. The molecule has 0 fully saturated rings. The molecular formula is C19H25N3O3. The monoisotopic (exact) mass is 343 g/mol. The lowest BCUT2D eigenvalue weighted by Gasteiger charge is -2.21. The number of nitrogens with one attached hydrogen (secondary N) is 2. The fourth-order valence-corrected chi connectivity index (χ4v) is 2.11. The summed E-state index contributed by atoms with van der Waals surface area (Å²) >= 11 is 0. The highest BCUT2D eigenvalue weighted by Crippen LogP contribution is 2.28. The molecule has 0 radical (unpaired) electrons. The largest absolute Gasteiger partial charge is 0.497 e. The number of aromatic nitrogens is 1. The summed E-state index contributed by atoms with van der Waals surface area (Å²) in [6, 6.07) is 9.34. The lowest BCUT2D eigenvalue weighted by Crippen LogP contribution is -2.27. The highest BCUT2D eigenvalue weighted by molar-refractivity contribution is 5.90. The van der Waals surface area contributed by atoms with Gasteiger partial charge in [-0.05, 0) is 51.5 Å². The Morgan fingerprint density at radius 1 is 1.16 bits per heavy atom. The Hall–Kier alpha value is -2.76. The van der Waals surface area contributed by atoms with Crippen molar-refractivity contribution in [2.24, 2.45) is 0 Å². The van der Waals surface area contributed by atoms with Crippen LogP contribution in [0.2, 0.25) is 0 Å². The Morgan fingerprint density at radius 2 is 1.92 bits per heavy atom. The number of rotatable bonds is 5. The summed E-state index contributed by atoms with van der Waals surface area (Å²) in [4.78, 5) is 16.4. The smallest absolute Gasteiger partial charge is 0.412 e. The number of anilines is 2. The summed E-state index contributed by atoms with van der Waals surface area (Å²) in [6.45, 7) is 7.99. The van der Waals surface area contributed by atoms with Gasteiger partial charge in [0.05, 0.1) is 30.7 Å². The third kappa shape index (κ3) is 5.99. The molecule has 25 heavy (non-hydrogen) atoms. The van der Waals surface area contributed by atoms with Crippen LogP contribution in [0.4, 0.5) is 16.2 Å². The molecule has 1 amide bonds. The molecule has 0 unspecified atom stereocenters. The Balaban J connectivity index is 2.13. The van der Waals surface area contributed by atoms with E-state index in [0.29, 0.717) is 18.0 Å². The number of amides is 1. The average molecular weight is 343 g/mol. The van der Waals surface area contributed by atoms with E-state index in [4.69, 9.17) is 9.47 Å². The average Bonchev–Trinajstić information content (AvgIpc) is 2.53. The minimum absolute atomic E-state index is 0.505. The summed E-state index contributed by atoms with van der Waals surface area (Å²) in [5.41, 5.74) is 2.79. The molecule has 2 aromatic rings. The van der Waals surface area contributed by atoms with Gasteiger partial charge in [-0.1, -0.05) is 6.07 Å². The fourth-order valence-electron chi connectivity index (χ4n) is 2.11. The van der Waals surface area contributed by atoms with Crippen LogP contribution in [-0.2, 0) is 11.3 Å². The van der Waals surface area contributed by atoms with Crippen LogP contribution in [0, 0.1) is 6.92 Å². The molecule has 0 saturated heterocycles. The summed E-state index contributed by atoms with van der Waals surface area (Å²) < 4.78 is 10.6. The Morgan fingerprint density at radius 3 is 2.52 bits per heavy atom. The minimum Gasteiger partial charge on any atom is -0.497 e. The second-order valence-electron chi connectivity index (χ2n) is 6.72. The molecule has 0 atom stereocenters. The molecule has 134 valence electrons. The van der Waals surface area contributed by atoms with Crippen molar-refractivity contribution in [3.8, 4) is 5.75 Å². The number of aryl methyl sites for hydroxylation is 1. The number of nitrogens with zero attached hydrogens (tertiary/aromatic N) is 1. The molecule has 6 heteroatoms. The zero-order valence-electron chi connectivity index (χ0n) is 15.3. The van der Waals surface area contributed by atoms with Gasteiger partial charge in [-0.15, -0.1) is 0 Å². The number of benzene rings is 1. The van der Waals surface area contributed by atoms with Crippen LogP contribution in [0.5, 0.6) is 5.75 Å². The van der Waals surface area contributed by atoms with Crippen LogP contribution in [0.25, 0.3) is 0 Å².